The van der Waals surface area contributed by atoms with Crippen molar-refractivity contribution >= 4 is 23.2 Å². The van der Waals surface area contributed by atoms with Gasteiger partial charge in [-0.05, 0) is 12.1 Å². The van der Waals surface area contributed by atoms with Crippen LogP contribution in [0, 0.1) is 10.1 Å². The van der Waals surface area contributed by atoms with E-state index in [0.717, 1.165) is 12.3 Å². The van der Waals surface area contributed by atoms with Crippen LogP contribution < -0.4 is 10.6 Å². The lowest BCUT2D eigenvalue weighted by atomic mass is 10.2. The lowest BCUT2D eigenvalue weighted by Crippen LogP contribution is -2.16. The highest BCUT2D eigenvalue weighted by molar-refractivity contribution is 6.07. The molecule has 0 unspecified atom stereocenters. The fourth-order valence-electron chi connectivity index (χ4n) is 1.55. The number of carbonyl (C=O) groups is 1. The van der Waals surface area contributed by atoms with Gasteiger partial charge in [-0.3, -0.25) is 14.9 Å². The maximum atomic E-state index is 12.1. The molecule has 0 aliphatic carbocycles. The molecule has 102 valence electrons. The lowest BCUT2D eigenvalue weighted by Gasteiger charge is -2.08. The minimum absolute atomic E-state index is 0.0763. The van der Waals surface area contributed by atoms with Crippen LogP contribution in [0.4, 0.5) is 17.3 Å². The summed E-state index contributed by atoms with van der Waals surface area (Å²) >= 11 is 0. The predicted octanol–water partition coefficient (Wildman–Crippen LogP) is 1.68. The molecule has 2 rings (SSSR count). The van der Waals surface area contributed by atoms with Crippen LogP contribution in [0.2, 0.25) is 0 Å². The fraction of sp³-hybridized carbons (Fsp3) is 0.0833. The van der Waals surface area contributed by atoms with Gasteiger partial charge in [0.1, 0.15) is 17.8 Å². The SMILES string of the molecule is CNc1ncc([N+](=O)[O-])cc1C(=O)Nc1ccccn1. The summed E-state index contributed by atoms with van der Waals surface area (Å²) in [6.07, 6.45) is 2.61. The highest BCUT2D eigenvalue weighted by atomic mass is 16.6. The van der Waals surface area contributed by atoms with Crippen molar-refractivity contribution < 1.29 is 9.72 Å². The molecule has 0 radical (unpaired) electrons. The van der Waals surface area contributed by atoms with Gasteiger partial charge in [0.15, 0.2) is 0 Å². The Morgan fingerprint density at radius 1 is 1.35 bits per heavy atom. The van der Waals surface area contributed by atoms with Crippen molar-refractivity contribution in [2.75, 3.05) is 17.7 Å². The van der Waals surface area contributed by atoms with Crippen molar-refractivity contribution in [3.8, 4) is 0 Å². The van der Waals surface area contributed by atoms with Crippen molar-refractivity contribution in [3.63, 3.8) is 0 Å². The first kappa shape index (κ1) is 13.4. The third-order valence-electron chi connectivity index (χ3n) is 2.47. The first-order valence-electron chi connectivity index (χ1n) is 5.66. The van der Waals surface area contributed by atoms with Crippen molar-refractivity contribution in [2.24, 2.45) is 0 Å². The topological polar surface area (TPSA) is 110 Å². The third kappa shape index (κ3) is 2.86. The summed E-state index contributed by atoms with van der Waals surface area (Å²) in [4.78, 5) is 30.0. The monoisotopic (exact) mass is 273 g/mol. The Bertz CT molecular complexity index is 645. The van der Waals surface area contributed by atoms with Gasteiger partial charge >= 0.3 is 0 Å². The third-order valence-corrected chi connectivity index (χ3v) is 2.47. The number of nitro groups is 1. The van der Waals surface area contributed by atoms with Gasteiger partial charge in [-0.1, -0.05) is 6.07 Å². The second-order valence-corrected chi connectivity index (χ2v) is 3.77. The number of hydrogen-bond acceptors (Lipinski definition) is 6. The van der Waals surface area contributed by atoms with Gasteiger partial charge in [-0.25, -0.2) is 9.97 Å². The number of anilines is 2. The molecule has 0 bridgehead atoms. The van der Waals surface area contributed by atoms with E-state index >= 15 is 0 Å². The van der Waals surface area contributed by atoms with Gasteiger partial charge in [-0.15, -0.1) is 0 Å². The molecule has 20 heavy (non-hydrogen) atoms. The summed E-state index contributed by atoms with van der Waals surface area (Å²) in [6, 6.07) is 6.20. The summed E-state index contributed by atoms with van der Waals surface area (Å²) in [5, 5.41) is 16.0. The van der Waals surface area contributed by atoms with Gasteiger partial charge in [0.2, 0.25) is 0 Å². The molecule has 0 atom stereocenters. The number of hydrogen-bond donors (Lipinski definition) is 2. The molecular weight excluding hydrogens is 262 g/mol. The Morgan fingerprint density at radius 2 is 2.15 bits per heavy atom. The van der Waals surface area contributed by atoms with Crippen LogP contribution in [0.15, 0.2) is 36.7 Å². The number of pyridine rings is 2. The smallest absolute Gasteiger partial charge is 0.288 e. The second-order valence-electron chi connectivity index (χ2n) is 3.77. The number of amides is 1. The summed E-state index contributed by atoms with van der Waals surface area (Å²) in [5.74, 6) is 0.0827. The average molecular weight is 273 g/mol. The summed E-state index contributed by atoms with van der Waals surface area (Å²) in [5.41, 5.74) is -0.178. The van der Waals surface area contributed by atoms with E-state index in [1.807, 2.05) is 0 Å². The van der Waals surface area contributed by atoms with E-state index in [1.54, 1.807) is 25.2 Å². The number of aromatic nitrogens is 2. The Balaban J connectivity index is 2.32. The molecule has 0 saturated heterocycles. The van der Waals surface area contributed by atoms with Crippen LogP contribution in [0.3, 0.4) is 0 Å². The van der Waals surface area contributed by atoms with Crippen molar-refractivity contribution in [1.82, 2.24) is 9.97 Å². The Labute approximate surface area is 114 Å². The first-order chi connectivity index (χ1) is 9.61. The number of nitrogens with one attached hydrogen (secondary N) is 2. The molecule has 2 heterocycles. The molecule has 2 N–H and O–H groups in total. The molecule has 2 aromatic rings. The molecule has 0 aromatic carbocycles. The van der Waals surface area contributed by atoms with E-state index in [0.29, 0.717) is 5.82 Å². The van der Waals surface area contributed by atoms with Crippen LogP contribution in [0.5, 0.6) is 0 Å². The standard InChI is InChI=1S/C12H11N5O3/c1-13-11-9(6-8(7-15-11)17(19)20)12(18)16-10-4-2-3-5-14-10/h2-7H,1H3,(H,13,15)(H,14,16,18). The van der Waals surface area contributed by atoms with Gasteiger partial charge in [0.05, 0.1) is 10.5 Å². The molecule has 0 saturated carbocycles. The summed E-state index contributed by atoms with van der Waals surface area (Å²) < 4.78 is 0. The predicted molar refractivity (Wildman–Crippen MR) is 72.6 cm³/mol. The molecular formula is C12H11N5O3. The van der Waals surface area contributed by atoms with Gasteiger partial charge in [0.25, 0.3) is 11.6 Å². The van der Waals surface area contributed by atoms with Gasteiger partial charge < -0.3 is 10.6 Å². The van der Waals surface area contributed by atoms with E-state index in [2.05, 4.69) is 20.6 Å². The Hall–Kier alpha value is -3.03. The molecule has 0 spiro atoms. The molecule has 8 nitrogen and oxygen atoms in total. The number of carbonyl (C=O) groups excluding carboxylic acids is 1. The van der Waals surface area contributed by atoms with E-state index in [4.69, 9.17) is 0 Å². The zero-order valence-corrected chi connectivity index (χ0v) is 10.5. The highest BCUT2D eigenvalue weighted by Crippen LogP contribution is 2.19. The van der Waals surface area contributed by atoms with E-state index in [-0.39, 0.29) is 17.1 Å². The van der Waals surface area contributed by atoms with Crippen LogP contribution >= 0.6 is 0 Å². The lowest BCUT2D eigenvalue weighted by molar-refractivity contribution is -0.385. The molecule has 2 aromatic heterocycles. The molecule has 1 amide bonds. The van der Waals surface area contributed by atoms with Crippen molar-refractivity contribution in [3.05, 3.63) is 52.3 Å². The fourth-order valence-corrected chi connectivity index (χ4v) is 1.55. The number of rotatable bonds is 4. The second kappa shape index (κ2) is 5.74. The highest BCUT2D eigenvalue weighted by Gasteiger charge is 2.17. The van der Waals surface area contributed by atoms with E-state index < -0.39 is 10.8 Å². The van der Waals surface area contributed by atoms with Crippen molar-refractivity contribution in [1.29, 1.82) is 0 Å². The van der Waals surface area contributed by atoms with Crippen molar-refractivity contribution in [2.45, 2.75) is 0 Å². The molecule has 0 fully saturated rings. The first-order valence-corrected chi connectivity index (χ1v) is 5.66. The quantitative estimate of drug-likeness (QED) is 0.647. The Morgan fingerprint density at radius 3 is 2.75 bits per heavy atom. The van der Waals surface area contributed by atoms with Crippen LogP contribution in [-0.4, -0.2) is 27.8 Å². The normalized spacial score (nSPS) is 9.85. The van der Waals surface area contributed by atoms with E-state index in [9.17, 15) is 14.9 Å². The average Bonchev–Trinajstić information content (AvgIpc) is 2.47. The van der Waals surface area contributed by atoms with Crippen LogP contribution in [0.1, 0.15) is 10.4 Å². The molecule has 0 aliphatic heterocycles. The Kier molecular flexibility index (Phi) is 3.85. The zero-order chi connectivity index (χ0) is 14.5. The van der Waals surface area contributed by atoms with Gasteiger partial charge in [0, 0.05) is 19.3 Å². The van der Waals surface area contributed by atoms with Crippen LogP contribution in [-0.2, 0) is 0 Å². The maximum Gasteiger partial charge on any atom is 0.288 e. The number of nitrogens with zero attached hydrogens (tertiary/aromatic N) is 3. The minimum Gasteiger partial charge on any atom is -0.372 e. The van der Waals surface area contributed by atoms with Crippen LogP contribution in [0.25, 0.3) is 0 Å². The zero-order valence-electron chi connectivity index (χ0n) is 10.5. The van der Waals surface area contributed by atoms with Gasteiger partial charge in [-0.2, -0.15) is 0 Å². The largest absolute Gasteiger partial charge is 0.372 e. The maximum absolute atomic E-state index is 12.1. The van der Waals surface area contributed by atoms with E-state index in [1.165, 1.54) is 6.20 Å². The summed E-state index contributed by atoms with van der Waals surface area (Å²) in [7, 11) is 1.58. The minimum atomic E-state index is -0.607. The molecule has 0 aliphatic rings. The molecule has 8 heteroatoms. The summed E-state index contributed by atoms with van der Waals surface area (Å²) in [6.45, 7) is 0.